The van der Waals surface area contributed by atoms with Crippen LogP contribution in [0.3, 0.4) is 0 Å². The Balaban J connectivity index is 2.58. The van der Waals surface area contributed by atoms with Gasteiger partial charge in [0, 0.05) is 24.2 Å². The lowest BCUT2D eigenvalue weighted by atomic mass is 10.2. The Bertz CT molecular complexity index is 628. The van der Waals surface area contributed by atoms with Gasteiger partial charge < -0.3 is 5.32 Å². The van der Waals surface area contributed by atoms with Crippen LogP contribution in [0.15, 0.2) is 30.3 Å². The first-order valence-corrected chi connectivity index (χ1v) is 4.68. The molecule has 0 unspecified atom stereocenters. The van der Waals surface area contributed by atoms with Crippen molar-refractivity contribution < 1.29 is 0 Å². The van der Waals surface area contributed by atoms with E-state index in [0.29, 0.717) is 0 Å². The standard InChI is InChI=1S/C10H9N5/c1-11-8-6-10-12-13-14-15(10)9-5-3-2-4-7(8)9/h2-6,11H,1H3. The van der Waals surface area contributed by atoms with Gasteiger partial charge >= 0.3 is 0 Å². The van der Waals surface area contributed by atoms with E-state index in [1.54, 1.807) is 4.52 Å². The Morgan fingerprint density at radius 2 is 2.13 bits per heavy atom. The fourth-order valence-electron chi connectivity index (χ4n) is 1.76. The van der Waals surface area contributed by atoms with Gasteiger partial charge in [0.05, 0.1) is 5.52 Å². The second-order valence-corrected chi connectivity index (χ2v) is 3.27. The molecule has 15 heavy (non-hydrogen) atoms. The summed E-state index contributed by atoms with van der Waals surface area (Å²) in [4.78, 5) is 0. The molecular formula is C10H9N5. The molecule has 0 saturated heterocycles. The van der Waals surface area contributed by atoms with Crippen molar-refractivity contribution in [3.8, 4) is 0 Å². The topological polar surface area (TPSA) is 55.1 Å². The van der Waals surface area contributed by atoms with Crippen molar-refractivity contribution >= 4 is 22.2 Å². The number of nitrogens with one attached hydrogen (secondary N) is 1. The van der Waals surface area contributed by atoms with E-state index < -0.39 is 0 Å². The van der Waals surface area contributed by atoms with Crippen molar-refractivity contribution in [2.45, 2.75) is 0 Å². The maximum absolute atomic E-state index is 3.95. The number of aromatic nitrogens is 4. The highest BCUT2D eigenvalue weighted by Gasteiger charge is 2.06. The normalized spacial score (nSPS) is 11.0. The maximum Gasteiger partial charge on any atom is 0.182 e. The second-order valence-electron chi connectivity index (χ2n) is 3.27. The Kier molecular flexibility index (Phi) is 1.58. The van der Waals surface area contributed by atoms with Crippen molar-refractivity contribution in [3.05, 3.63) is 30.3 Å². The summed E-state index contributed by atoms with van der Waals surface area (Å²) < 4.78 is 1.73. The summed E-state index contributed by atoms with van der Waals surface area (Å²) in [6.45, 7) is 0. The number of nitrogens with zero attached hydrogens (tertiary/aromatic N) is 4. The number of tetrazole rings is 1. The number of benzene rings is 1. The van der Waals surface area contributed by atoms with E-state index in [1.807, 2.05) is 37.4 Å². The highest BCUT2D eigenvalue weighted by molar-refractivity contribution is 5.93. The number of anilines is 1. The summed E-state index contributed by atoms with van der Waals surface area (Å²) >= 11 is 0. The van der Waals surface area contributed by atoms with Crippen LogP contribution in [-0.4, -0.2) is 27.1 Å². The van der Waals surface area contributed by atoms with Crippen molar-refractivity contribution in [1.29, 1.82) is 0 Å². The molecule has 3 rings (SSSR count). The molecule has 0 amide bonds. The van der Waals surface area contributed by atoms with Gasteiger partial charge in [-0.1, -0.05) is 18.2 Å². The summed E-state index contributed by atoms with van der Waals surface area (Å²) in [5.74, 6) is 0. The zero-order valence-electron chi connectivity index (χ0n) is 8.18. The molecule has 0 spiro atoms. The fraction of sp³-hybridized carbons (Fsp3) is 0.100. The highest BCUT2D eigenvalue weighted by Crippen LogP contribution is 2.23. The van der Waals surface area contributed by atoms with Crippen LogP contribution in [-0.2, 0) is 0 Å². The van der Waals surface area contributed by atoms with Crippen LogP contribution >= 0.6 is 0 Å². The van der Waals surface area contributed by atoms with E-state index in [1.165, 1.54) is 0 Å². The third kappa shape index (κ3) is 1.06. The van der Waals surface area contributed by atoms with E-state index >= 15 is 0 Å². The van der Waals surface area contributed by atoms with E-state index in [9.17, 15) is 0 Å². The lowest BCUT2D eigenvalue weighted by Crippen LogP contribution is -1.96. The summed E-state index contributed by atoms with van der Waals surface area (Å²) in [5, 5.41) is 15.8. The van der Waals surface area contributed by atoms with Crippen molar-refractivity contribution in [3.63, 3.8) is 0 Å². The van der Waals surface area contributed by atoms with Crippen LogP contribution in [0.2, 0.25) is 0 Å². The molecule has 2 aromatic heterocycles. The largest absolute Gasteiger partial charge is 0.387 e. The summed E-state index contributed by atoms with van der Waals surface area (Å²) in [6, 6.07) is 9.95. The van der Waals surface area contributed by atoms with Crippen LogP contribution in [0.5, 0.6) is 0 Å². The summed E-state index contributed by atoms with van der Waals surface area (Å²) in [6.07, 6.45) is 0. The van der Waals surface area contributed by atoms with Gasteiger partial charge in [0.15, 0.2) is 5.65 Å². The van der Waals surface area contributed by atoms with Gasteiger partial charge in [0.2, 0.25) is 0 Å². The average molecular weight is 199 g/mol. The Morgan fingerprint density at radius 3 is 3.00 bits per heavy atom. The molecule has 0 aliphatic rings. The number of pyridine rings is 1. The maximum atomic E-state index is 3.95. The van der Waals surface area contributed by atoms with Crippen LogP contribution in [0, 0.1) is 0 Å². The molecule has 1 N–H and O–H groups in total. The predicted molar refractivity (Wildman–Crippen MR) is 57.8 cm³/mol. The highest BCUT2D eigenvalue weighted by atomic mass is 15.5. The van der Waals surface area contributed by atoms with Crippen LogP contribution < -0.4 is 5.32 Å². The molecule has 0 aliphatic carbocycles. The van der Waals surface area contributed by atoms with E-state index in [2.05, 4.69) is 20.8 Å². The zero-order valence-corrected chi connectivity index (χ0v) is 8.18. The average Bonchev–Trinajstić information content (AvgIpc) is 2.76. The number of hydrogen-bond acceptors (Lipinski definition) is 4. The number of fused-ring (bicyclic) bond motifs is 3. The van der Waals surface area contributed by atoms with Crippen molar-refractivity contribution in [2.24, 2.45) is 0 Å². The van der Waals surface area contributed by atoms with E-state index in [0.717, 1.165) is 22.2 Å². The van der Waals surface area contributed by atoms with Gasteiger partial charge in [-0.3, -0.25) is 0 Å². The first-order chi connectivity index (χ1) is 7.40. The van der Waals surface area contributed by atoms with Gasteiger partial charge in [-0.25, -0.2) is 0 Å². The summed E-state index contributed by atoms with van der Waals surface area (Å²) in [7, 11) is 1.89. The minimum Gasteiger partial charge on any atom is -0.387 e. The van der Waals surface area contributed by atoms with E-state index in [4.69, 9.17) is 0 Å². The van der Waals surface area contributed by atoms with Gasteiger partial charge in [0.1, 0.15) is 0 Å². The molecule has 0 radical (unpaired) electrons. The smallest absolute Gasteiger partial charge is 0.182 e. The third-order valence-corrected chi connectivity index (χ3v) is 2.46. The number of rotatable bonds is 1. The van der Waals surface area contributed by atoms with Crippen molar-refractivity contribution in [2.75, 3.05) is 12.4 Å². The zero-order chi connectivity index (χ0) is 10.3. The molecule has 0 saturated carbocycles. The van der Waals surface area contributed by atoms with E-state index in [-0.39, 0.29) is 0 Å². The first kappa shape index (κ1) is 8.16. The molecule has 0 fully saturated rings. The molecule has 74 valence electrons. The Morgan fingerprint density at radius 1 is 1.27 bits per heavy atom. The molecule has 0 bridgehead atoms. The van der Waals surface area contributed by atoms with Gasteiger partial charge in [-0.15, -0.1) is 5.10 Å². The molecular weight excluding hydrogens is 190 g/mol. The van der Waals surface area contributed by atoms with Crippen LogP contribution in [0.25, 0.3) is 16.6 Å². The van der Waals surface area contributed by atoms with Crippen LogP contribution in [0.1, 0.15) is 0 Å². The van der Waals surface area contributed by atoms with Gasteiger partial charge in [-0.05, 0) is 16.5 Å². The monoisotopic (exact) mass is 199 g/mol. The fourth-order valence-corrected chi connectivity index (χ4v) is 1.76. The Labute approximate surface area is 85.7 Å². The van der Waals surface area contributed by atoms with Crippen LogP contribution in [0.4, 0.5) is 5.69 Å². The van der Waals surface area contributed by atoms with Gasteiger partial charge in [0.25, 0.3) is 0 Å². The molecule has 0 atom stereocenters. The van der Waals surface area contributed by atoms with Gasteiger partial charge in [-0.2, -0.15) is 4.52 Å². The minimum absolute atomic E-state index is 0.748. The molecule has 2 heterocycles. The molecule has 5 nitrogen and oxygen atoms in total. The molecule has 1 aromatic carbocycles. The second kappa shape index (κ2) is 2.91. The first-order valence-electron chi connectivity index (χ1n) is 4.68. The molecule has 0 aliphatic heterocycles. The summed E-state index contributed by atoms with van der Waals surface area (Å²) in [5.41, 5.74) is 2.79. The minimum atomic E-state index is 0.748. The number of para-hydroxylation sites is 1. The quantitative estimate of drug-likeness (QED) is 0.642. The lowest BCUT2D eigenvalue weighted by molar-refractivity contribution is 0.842. The SMILES string of the molecule is CNc1cc2nnnn2c2ccccc12. The van der Waals surface area contributed by atoms with Crippen molar-refractivity contribution in [1.82, 2.24) is 20.0 Å². The number of hydrogen-bond donors (Lipinski definition) is 1. The molecule has 3 aromatic rings. The third-order valence-electron chi connectivity index (χ3n) is 2.46. The Hall–Kier alpha value is -2.17. The molecule has 5 heteroatoms. The predicted octanol–water partition coefficient (Wildman–Crippen LogP) is 1.32. The lowest BCUT2D eigenvalue weighted by Gasteiger charge is -2.06.